The van der Waals surface area contributed by atoms with Crippen molar-refractivity contribution in [1.29, 1.82) is 0 Å². The summed E-state index contributed by atoms with van der Waals surface area (Å²) in [7, 11) is 0. The van der Waals surface area contributed by atoms with Crippen LogP contribution in [0, 0.1) is 5.82 Å². The van der Waals surface area contributed by atoms with Gasteiger partial charge in [-0.1, -0.05) is 43.7 Å². The summed E-state index contributed by atoms with van der Waals surface area (Å²) in [5.41, 5.74) is 4.73. The van der Waals surface area contributed by atoms with E-state index in [1.807, 2.05) is 24.3 Å². The van der Waals surface area contributed by atoms with Gasteiger partial charge in [0.2, 0.25) is 0 Å². The summed E-state index contributed by atoms with van der Waals surface area (Å²) in [6.07, 6.45) is 7.88. The lowest BCUT2D eigenvalue weighted by molar-refractivity contribution is -0.110. The van der Waals surface area contributed by atoms with Gasteiger partial charge >= 0.3 is 0 Å². The minimum atomic E-state index is -0.423. The minimum Gasteiger partial charge on any atom is -0.461 e. The number of furan rings is 1. The van der Waals surface area contributed by atoms with Crippen LogP contribution in [-0.2, 0) is 17.6 Å². The largest absolute Gasteiger partial charge is 0.461 e. The molecule has 0 spiro atoms. The molecular weight excluding hydrogens is 403 g/mol. The molecule has 1 aliphatic carbocycles. The Balaban J connectivity index is 1.62. The van der Waals surface area contributed by atoms with Crippen molar-refractivity contribution in [3.05, 3.63) is 82.6 Å². The van der Waals surface area contributed by atoms with Gasteiger partial charge in [0, 0.05) is 23.2 Å². The van der Waals surface area contributed by atoms with Crippen LogP contribution < -0.4 is 10.6 Å². The fourth-order valence-corrected chi connectivity index (χ4v) is 4.87. The number of fused-ring (bicyclic) bond motifs is 2. The van der Waals surface area contributed by atoms with Gasteiger partial charge in [0.05, 0.1) is 17.3 Å². The van der Waals surface area contributed by atoms with Gasteiger partial charge < -0.3 is 15.1 Å². The number of aryl methyl sites for hydroxylation is 1. The van der Waals surface area contributed by atoms with E-state index >= 15 is 0 Å². The molecule has 4 nitrogen and oxygen atoms in total. The maximum absolute atomic E-state index is 14.2. The topological polar surface area (TPSA) is 54.3 Å². The van der Waals surface area contributed by atoms with E-state index in [4.69, 9.17) is 4.42 Å². The molecule has 5 rings (SSSR count). The summed E-state index contributed by atoms with van der Waals surface area (Å²) in [5.74, 6) is 1.01. The molecule has 2 N–H and O–H groups in total. The molecule has 2 heterocycles. The van der Waals surface area contributed by atoms with E-state index < -0.39 is 5.82 Å². The van der Waals surface area contributed by atoms with Crippen LogP contribution in [0.1, 0.15) is 66.9 Å². The van der Waals surface area contributed by atoms with Crippen molar-refractivity contribution in [3.63, 3.8) is 0 Å². The molecule has 1 unspecified atom stereocenters. The Morgan fingerprint density at radius 2 is 1.94 bits per heavy atom. The number of halogens is 1. The molecule has 1 aliphatic heterocycles. The summed E-state index contributed by atoms with van der Waals surface area (Å²) in [5, 5.41) is 6.36. The van der Waals surface area contributed by atoms with Crippen LogP contribution in [-0.4, -0.2) is 5.91 Å². The van der Waals surface area contributed by atoms with E-state index in [1.54, 1.807) is 12.1 Å². The highest BCUT2D eigenvalue weighted by Crippen LogP contribution is 2.41. The molecule has 1 aromatic heterocycles. The SMILES string of the molecule is CCCC(Nc1ccccc1)c1c(C=C2C(=O)Nc3c(F)cccc32)oc2c1CCCC2. The number of hydrogen-bond acceptors (Lipinski definition) is 3. The molecule has 0 saturated carbocycles. The summed E-state index contributed by atoms with van der Waals surface area (Å²) in [4.78, 5) is 12.7. The zero-order chi connectivity index (χ0) is 22.1. The number of anilines is 2. The van der Waals surface area contributed by atoms with E-state index in [-0.39, 0.29) is 17.6 Å². The number of amides is 1. The van der Waals surface area contributed by atoms with Gasteiger partial charge in [-0.05, 0) is 55.5 Å². The van der Waals surface area contributed by atoms with Crippen molar-refractivity contribution in [2.75, 3.05) is 10.6 Å². The lowest BCUT2D eigenvalue weighted by atomic mass is 9.89. The molecule has 0 saturated heterocycles. The highest BCUT2D eigenvalue weighted by molar-refractivity contribution is 6.34. The molecule has 32 heavy (non-hydrogen) atoms. The van der Waals surface area contributed by atoms with Gasteiger partial charge in [-0.15, -0.1) is 0 Å². The number of para-hydroxylation sites is 2. The highest BCUT2D eigenvalue weighted by Gasteiger charge is 2.31. The van der Waals surface area contributed by atoms with E-state index in [0.717, 1.165) is 55.5 Å². The highest BCUT2D eigenvalue weighted by atomic mass is 19.1. The van der Waals surface area contributed by atoms with E-state index in [0.29, 0.717) is 16.9 Å². The maximum Gasteiger partial charge on any atom is 0.256 e. The van der Waals surface area contributed by atoms with Crippen LogP contribution in [0.2, 0.25) is 0 Å². The van der Waals surface area contributed by atoms with Crippen LogP contribution in [0.5, 0.6) is 0 Å². The number of carbonyl (C=O) groups excluding carboxylic acids is 1. The minimum absolute atomic E-state index is 0.0660. The average molecular weight is 431 g/mol. The Bertz CT molecular complexity index is 1180. The van der Waals surface area contributed by atoms with Crippen molar-refractivity contribution in [1.82, 2.24) is 0 Å². The Hall–Kier alpha value is -3.34. The summed E-state index contributed by atoms with van der Waals surface area (Å²) in [6.45, 7) is 2.17. The van der Waals surface area contributed by atoms with E-state index in [2.05, 4.69) is 29.7 Å². The number of rotatable bonds is 6. The fourth-order valence-electron chi connectivity index (χ4n) is 4.87. The lowest BCUT2D eigenvalue weighted by Crippen LogP contribution is -2.14. The zero-order valence-corrected chi connectivity index (χ0v) is 18.2. The van der Waals surface area contributed by atoms with Crippen molar-refractivity contribution >= 4 is 28.9 Å². The van der Waals surface area contributed by atoms with E-state index in [9.17, 15) is 9.18 Å². The average Bonchev–Trinajstić information content (AvgIpc) is 3.33. The summed E-state index contributed by atoms with van der Waals surface area (Å²) >= 11 is 0. The second-order valence-electron chi connectivity index (χ2n) is 8.51. The Kier molecular flexibility index (Phi) is 5.56. The first-order valence-corrected chi connectivity index (χ1v) is 11.4. The predicted octanol–water partition coefficient (Wildman–Crippen LogP) is 6.74. The Morgan fingerprint density at radius 3 is 2.75 bits per heavy atom. The monoisotopic (exact) mass is 430 g/mol. The molecule has 2 aliphatic rings. The second-order valence-corrected chi connectivity index (χ2v) is 8.51. The molecule has 1 atom stereocenters. The van der Waals surface area contributed by atoms with Gasteiger partial charge in [0.15, 0.2) is 0 Å². The molecule has 0 fully saturated rings. The van der Waals surface area contributed by atoms with Crippen LogP contribution in [0.4, 0.5) is 15.8 Å². The van der Waals surface area contributed by atoms with Crippen molar-refractivity contribution in [3.8, 4) is 0 Å². The first-order valence-electron chi connectivity index (χ1n) is 11.4. The molecule has 2 aromatic carbocycles. The molecule has 0 radical (unpaired) electrons. The Labute approximate surface area is 187 Å². The van der Waals surface area contributed by atoms with Crippen LogP contribution in [0.25, 0.3) is 11.6 Å². The van der Waals surface area contributed by atoms with Gasteiger partial charge in [0.25, 0.3) is 5.91 Å². The van der Waals surface area contributed by atoms with Gasteiger partial charge in [-0.25, -0.2) is 4.39 Å². The first kappa shape index (κ1) is 20.6. The van der Waals surface area contributed by atoms with Gasteiger partial charge in [-0.2, -0.15) is 0 Å². The number of hydrogen-bond donors (Lipinski definition) is 2. The number of carbonyl (C=O) groups is 1. The van der Waals surface area contributed by atoms with Crippen molar-refractivity contribution < 1.29 is 13.6 Å². The smallest absolute Gasteiger partial charge is 0.256 e. The summed E-state index contributed by atoms with van der Waals surface area (Å²) in [6, 6.07) is 15.0. The lowest BCUT2D eigenvalue weighted by Gasteiger charge is -2.22. The number of benzene rings is 2. The third-order valence-corrected chi connectivity index (χ3v) is 6.34. The second kappa shape index (κ2) is 8.65. The third-order valence-electron chi connectivity index (χ3n) is 6.34. The standard InChI is InChI=1S/C27H27FN2O2/c1-2-9-22(29-17-10-4-3-5-11-17)25-19-12-6-7-15-23(19)32-24(25)16-20-18-13-8-14-21(28)26(18)30-27(20)31/h3-5,8,10-11,13-14,16,22,29H,2,6-7,9,12,15H2,1H3,(H,30,31). The third kappa shape index (κ3) is 3.72. The normalized spacial score (nSPS) is 17.1. The van der Waals surface area contributed by atoms with Crippen LogP contribution in [0.15, 0.2) is 52.9 Å². The molecule has 0 bridgehead atoms. The van der Waals surface area contributed by atoms with Crippen molar-refractivity contribution in [2.45, 2.75) is 51.5 Å². The number of nitrogens with one attached hydrogen (secondary N) is 2. The molecule has 3 aromatic rings. The summed E-state index contributed by atoms with van der Waals surface area (Å²) < 4.78 is 20.6. The molecule has 1 amide bonds. The predicted molar refractivity (Wildman–Crippen MR) is 126 cm³/mol. The molecular formula is C27H27FN2O2. The van der Waals surface area contributed by atoms with E-state index in [1.165, 1.54) is 11.6 Å². The molecule has 5 heteroatoms. The van der Waals surface area contributed by atoms with Crippen molar-refractivity contribution in [2.24, 2.45) is 0 Å². The zero-order valence-electron chi connectivity index (χ0n) is 18.2. The quantitative estimate of drug-likeness (QED) is 0.426. The first-order chi connectivity index (χ1) is 15.7. The maximum atomic E-state index is 14.2. The van der Waals surface area contributed by atoms with Gasteiger partial charge in [-0.3, -0.25) is 4.79 Å². The van der Waals surface area contributed by atoms with Gasteiger partial charge in [0.1, 0.15) is 17.3 Å². The van der Waals surface area contributed by atoms with Crippen LogP contribution >= 0.6 is 0 Å². The Morgan fingerprint density at radius 1 is 1.12 bits per heavy atom. The van der Waals surface area contributed by atoms with Crippen LogP contribution in [0.3, 0.4) is 0 Å². The fraction of sp³-hybridized carbons (Fsp3) is 0.296. The molecule has 164 valence electrons.